The first-order valence-corrected chi connectivity index (χ1v) is 8.64. The predicted octanol–water partition coefficient (Wildman–Crippen LogP) is 1.07. The number of methoxy groups -OCH3 is 1. The van der Waals surface area contributed by atoms with Gasteiger partial charge >= 0.3 is 18.1 Å². The summed E-state index contributed by atoms with van der Waals surface area (Å²) < 4.78 is 42.1. The summed E-state index contributed by atoms with van der Waals surface area (Å²) in [5.74, 6) is -1.80. The van der Waals surface area contributed by atoms with Crippen LogP contribution in [0.5, 0.6) is 0 Å². The van der Waals surface area contributed by atoms with E-state index in [2.05, 4.69) is 35.0 Å². The third-order valence-electron chi connectivity index (χ3n) is 4.20. The highest BCUT2D eigenvalue weighted by Gasteiger charge is 2.38. The maximum atomic E-state index is 11.8. The molecule has 4 heterocycles. The van der Waals surface area contributed by atoms with Crippen LogP contribution >= 0.6 is 0 Å². The number of halogens is 3. The van der Waals surface area contributed by atoms with E-state index in [0.29, 0.717) is 42.7 Å². The first-order valence-electron chi connectivity index (χ1n) is 8.64. The monoisotopic (exact) mass is 443 g/mol. The van der Waals surface area contributed by atoms with Crippen molar-refractivity contribution in [1.82, 2.24) is 30.1 Å². The number of carbonyl (C=O) groups excluding carboxylic acids is 1. The molecule has 0 saturated carbocycles. The average molecular weight is 443 g/mol. The van der Waals surface area contributed by atoms with Gasteiger partial charge in [-0.25, -0.2) is 24.5 Å². The molecule has 31 heavy (non-hydrogen) atoms. The molecule has 0 radical (unpaired) electrons. The number of hydrogen-bond donors (Lipinski definition) is 3. The number of rotatable bonds is 3. The van der Waals surface area contributed by atoms with Gasteiger partial charge < -0.3 is 24.5 Å². The topological polar surface area (TPSA) is 159 Å². The summed E-state index contributed by atoms with van der Waals surface area (Å²) in [4.78, 5) is 38.5. The minimum atomic E-state index is -5.08. The van der Waals surface area contributed by atoms with Crippen LogP contribution in [0.2, 0.25) is 0 Å². The number of carboxylic acid groups (broad SMARTS) is 1. The van der Waals surface area contributed by atoms with Crippen molar-refractivity contribution >= 4 is 28.8 Å². The number of fused-ring (bicyclic) bond motifs is 1. The number of aliphatic carboxylic acids is 1. The number of morpholine rings is 1. The second kappa shape index (κ2) is 8.95. The molecule has 3 aromatic heterocycles. The van der Waals surface area contributed by atoms with Gasteiger partial charge in [0.1, 0.15) is 41.7 Å². The molecule has 15 heteroatoms. The molecular formula is C16H16F3N7O5. The Morgan fingerprint density at radius 2 is 2.03 bits per heavy atom. The summed E-state index contributed by atoms with van der Waals surface area (Å²) in [6.45, 7) is 1.68. The minimum absolute atomic E-state index is 0.143. The molecule has 4 rings (SSSR count). The molecule has 1 aliphatic heterocycles. The molecule has 1 aliphatic rings. The van der Waals surface area contributed by atoms with Crippen LogP contribution in [-0.4, -0.2) is 80.2 Å². The highest BCUT2D eigenvalue weighted by atomic mass is 19.4. The van der Waals surface area contributed by atoms with E-state index in [4.69, 9.17) is 19.4 Å². The quantitative estimate of drug-likeness (QED) is 0.500. The van der Waals surface area contributed by atoms with Crippen molar-refractivity contribution in [3.05, 3.63) is 30.2 Å². The van der Waals surface area contributed by atoms with Gasteiger partial charge in [0, 0.05) is 6.54 Å². The third kappa shape index (κ3) is 4.88. The Bertz CT molecular complexity index is 1050. The van der Waals surface area contributed by atoms with Crippen LogP contribution in [0.25, 0.3) is 11.0 Å². The average Bonchev–Trinajstić information content (AvgIpc) is 3.42. The molecule has 0 bridgehead atoms. The maximum Gasteiger partial charge on any atom is 0.490 e. The van der Waals surface area contributed by atoms with Crippen molar-refractivity contribution in [3.63, 3.8) is 0 Å². The smallest absolute Gasteiger partial charge is 0.475 e. The van der Waals surface area contributed by atoms with Gasteiger partial charge in [-0.05, 0) is 6.07 Å². The van der Waals surface area contributed by atoms with E-state index in [9.17, 15) is 18.0 Å². The molecule has 12 nitrogen and oxygen atoms in total. The number of anilines is 1. The number of carboxylic acids is 1. The zero-order valence-electron chi connectivity index (χ0n) is 15.9. The van der Waals surface area contributed by atoms with E-state index in [-0.39, 0.29) is 6.04 Å². The Morgan fingerprint density at radius 3 is 2.65 bits per heavy atom. The second-order valence-corrected chi connectivity index (χ2v) is 6.09. The number of ether oxygens (including phenoxy) is 2. The fourth-order valence-electron chi connectivity index (χ4n) is 2.83. The van der Waals surface area contributed by atoms with Crippen LogP contribution in [0.1, 0.15) is 22.4 Å². The van der Waals surface area contributed by atoms with Crippen molar-refractivity contribution in [2.45, 2.75) is 12.2 Å². The largest absolute Gasteiger partial charge is 0.490 e. The zero-order valence-corrected chi connectivity index (χ0v) is 15.9. The van der Waals surface area contributed by atoms with Crippen LogP contribution in [-0.2, 0) is 14.3 Å². The Kier molecular flexibility index (Phi) is 6.33. The number of alkyl halides is 3. The van der Waals surface area contributed by atoms with Crippen molar-refractivity contribution in [2.75, 3.05) is 31.8 Å². The highest BCUT2D eigenvalue weighted by Crippen LogP contribution is 2.31. The van der Waals surface area contributed by atoms with Gasteiger partial charge in [-0.3, -0.25) is 5.10 Å². The van der Waals surface area contributed by atoms with Crippen molar-refractivity contribution in [3.8, 4) is 0 Å². The predicted molar refractivity (Wildman–Crippen MR) is 96.2 cm³/mol. The first kappa shape index (κ1) is 21.9. The number of esters is 1. The van der Waals surface area contributed by atoms with Gasteiger partial charge in [-0.15, -0.1) is 0 Å². The molecule has 3 aromatic rings. The van der Waals surface area contributed by atoms with Crippen LogP contribution in [0, 0.1) is 0 Å². The van der Waals surface area contributed by atoms with Gasteiger partial charge in [0.05, 0.1) is 25.7 Å². The standard InChI is InChI=1S/C14H15N7O3.C2HF3O2/c1-23-14(22)9-4-8-11(19-9)15-6-17-13(8)21-2-3-24-5-10(21)12-16-7-18-20-12;3-2(4,5)1(6)7/h4,6-7,10H,2-3,5H2,1H3,(H,15,17,19)(H,16,18,20);(H,6,7). The number of nitrogens with zero attached hydrogens (tertiary/aromatic N) is 5. The van der Waals surface area contributed by atoms with E-state index < -0.39 is 18.1 Å². The first-order chi connectivity index (χ1) is 14.7. The van der Waals surface area contributed by atoms with Crippen LogP contribution < -0.4 is 4.90 Å². The molecule has 166 valence electrons. The van der Waals surface area contributed by atoms with E-state index >= 15 is 0 Å². The van der Waals surface area contributed by atoms with E-state index in [0.717, 1.165) is 5.39 Å². The lowest BCUT2D eigenvalue weighted by Crippen LogP contribution is -2.40. The summed E-state index contributed by atoms with van der Waals surface area (Å²) in [7, 11) is 1.34. The van der Waals surface area contributed by atoms with Gasteiger partial charge in [-0.1, -0.05) is 0 Å². The SMILES string of the molecule is COC(=O)c1cc2c(N3CCOCC3c3ncn[nH]3)ncnc2[nH]1.O=C(O)C(F)(F)F. The molecule has 1 saturated heterocycles. The molecule has 0 aromatic carbocycles. The molecule has 1 unspecified atom stereocenters. The van der Waals surface area contributed by atoms with E-state index in [1.54, 1.807) is 6.07 Å². The highest BCUT2D eigenvalue weighted by molar-refractivity contribution is 5.97. The molecule has 1 atom stereocenters. The van der Waals surface area contributed by atoms with Gasteiger partial charge in [0.2, 0.25) is 0 Å². The van der Waals surface area contributed by atoms with Gasteiger partial charge in [0.15, 0.2) is 0 Å². The lowest BCUT2D eigenvalue weighted by Gasteiger charge is -2.35. The molecule has 3 N–H and O–H groups in total. The van der Waals surface area contributed by atoms with E-state index in [1.165, 1.54) is 19.8 Å². The Morgan fingerprint density at radius 1 is 1.29 bits per heavy atom. The van der Waals surface area contributed by atoms with Gasteiger partial charge in [-0.2, -0.15) is 18.3 Å². The minimum Gasteiger partial charge on any atom is -0.475 e. The van der Waals surface area contributed by atoms with Gasteiger partial charge in [0.25, 0.3) is 0 Å². The summed E-state index contributed by atoms with van der Waals surface area (Å²) in [5.41, 5.74) is 0.905. The molecule has 0 amide bonds. The molecular weight excluding hydrogens is 427 g/mol. The van der Waals surface area contributed by atoms with Crippen LogP contribution in [0.4, 0.5) is 19.0 Å². The Labute approximate surface area is 171 Å². The Balaban J connectivity index is 0.000000339. The molecule has 1 fully saturated rings. The number of H-pyrrole nitrogens is 2. The fraction of sp³-hybridized carbons (Fsp3) is 0.375. The zero-order chi connectivity index (χ0) is 22.6. The molecule has 0 aliphatic carbocycles. The summed E-state index contributed by atoms with van der Waals surface area (Å²) in [6.07, 6.45) is -2.16. The number of carbonyl (C=O) groups is 2. The van der Waals surface area contributed by atoms with Crippen molar-refractivity contribution < 1.29 is 37.3 Å². The number of hydrogen-bond acceptors (Lipinski definition) is 9. The maximum absolute atomic E-state index is 11.8. The number of aromatic nitrogens is 6. The normalized spacial score (nSPS) is 16.5. The summed E-state index contributed by atoms with van der Waals surface area (Å²) >= 11 is 0. The Hall–Kier alpha value is -3.75. The third-order valence-corrected chi connectivity index (χ3v) is 4.20. The van der Waals surface area contributed by atoms with Crippen LogP contribution in [0.15, 0.2) is 18.7 Å². The number of nitrogens with one attached hydrogen (secondary N) is 2. The van der Waals surface area contributed by atoms with E-state index in [1.807, 2.05) is 0 Å². The summed E-state index contributed by atoms with van der Waals surface area (Å²) in [6, 6.07) is 1.56. The lowest BCUT2D eigenvalue weighted by molar-refractivity contribution is -0.192. The molecule has 0 spiro atoms. The summed E-state index contributed by atoms with van der Waals surface area (Å²) in [5, 5.41) is 14.7. The van der Waals surface area contributed by atoms with Crippen LogP contribution in [0.3, 0.4) is 0 Å². The number of aromatic amines is 2. The second-order valence-electron chi connectivity index (χ2n) is 6.09. The fourth-order valence-corrected chi connectivity index (χ4v) is 2.83. The lowest BCUT2D eigenvalue weighted by atomic mass is 10.2. The van der Waals surface area contributed by atoms with Crippen molar-refractivity contribution in [2.24, 2.45) is 0 Å². The van der Waals surface area contributed by atoms with Crippen molar-refractivity contribution in [1.29, 1.82) is 0 Å².